The van der Waals surface area contributed by atoms with E-state index in [1.807, 2.05) is 0 Å². The minimum atomic E-state index is -0.162. The van der Waals surface area contributed by atoms with Crippen molar-refractivity contribution in [2.75, 3.05) is 159 Å². The van der Waals surface area contributed by atoms with E-state index >= 15 is 0 Å². The van der Waals surface area contributed by atoms with Crippen molar-refractivity contribution in [3.63, 3.8) is 0 Å². The molecule has 0 radical (unpaired) electrons. The normalized spacial score (nSPS) is 11.5. The fourth-order valence-corrected chi connectivity index (χ4v) is 6.03. The van der Waals surface area contributed by atoms with Crippen LogP contribution in [0.2, 0.25) is 0 Å². The number of ether oxygens (including phenoxy) is 13. The lowest BCUT2D eigenvalue weighted by atomic mass is 10.0. The van der Waals surface area contributed by atoms with E-state index in [4.69, 9.17) is 61.6 Å². The topological polar surface area (TPSA) is 154 Å². The molecule has 0 aliphatic heterocycles. The molecule has 0 unspecified atom stereocenters. The van der Waals surface area contributed by atoms with Crippen molar-refractivity contribution in [2.24, 2.45) is 0 Å². The summed E-state index contributed by atoms with van der Waals surface area (Å²) >= 11 is 0. The molecule has 0 heterocycles. The van der Waals surface area contributed by atoms with Gasteiger partial charge in [-0.1, -0.05) is 117 Å². The van der Waals surface area contributed by atoms with E-state index in [0.717, 1.165) is 32.1 Å². The summed E-state index contributed by atoms with van der Waals surface area (Å²) in [5, 5.41) is 0. The van der Waals surface area contributed by atoms with Gasteiger partial charge in [0.2, 0.25) is 0 Å². The van der Waals surface area contributed by atoms with E-state index in [1.54, 1.807) is 0 Å². The lowest BCUT2D eigenvalue weighted by molar-refractivity contribution is -0.146. The molecule has 0 N–H and O–H groups in total. The summed E-state index contributed by atoms with van der Waals surface area (Å²) in [5.41, 5.74) is 0. The van der Waals surface area contributed by atoms with Gasteiger partial charge < -0.3 is 61.6 Å². The van der Waals surface area contributed by atoms with E-state index in [-0.39, 0.29) is 25.2 Å². The van der Waals surface area contributed by atoms with Crippen LogP contribution in [0.1, 0.15) is 142 Å². The van der Waals surface area contributed by atoms with Crippen molar-refractivity contribution in [1.82, 2.24) is 0 Å². The van der Waals surface area contributed by atoms with Gasteiger partial charge >= 0.3 is 11.9 Å². The second-order valence-electron chi connectivity index (χ2n) is 15.3. The van der Waals surface area contributed by atoms with Crippen LogP contribution in [-0.4, -0.2) is 171 Å². The van der Waals surface area contributed by atoms with Crippen molar-refractivity contribution in [3.05, 3.63) is 0 Å². The van der Waals surface area contributed by atoms with Crippen LogP contribution < -0.4 is 0 Å². The second kappa shape index (κ2) is 56.6. The molecular formula is C48H94O15. The molecule has 0 fully saturated rings. The first-order valence-corrected chi connectivity index (χ1v) is 24.9. The van der Waals surface area contributed by atoms with Gasteiger partial charge in [0.1, 0.15) is 13.2 Å². The van der Waals surface area contributed by atoms with E-state index in [1.165, 1.54) is 83.5 Å². The molecule has 376 valence electrons. The molecule has 15 heteroatoms. The third-order valence-corrected chi connectivity index (χ3v) is 9.67. The van der Waals surface area contributed by atoms with Gasteiger partial charge in [0.05, 0.1) is 145 Å². The summed E-state index contributed by atoms with van der Waals surface area (Å²) < 4.78 is 70.7. The highest BCUT2D eigenvalue weighted by Gasteiger charge is 2.04. The number of esters is 2. The van der Waals surface area contributed by atoms with Gasteiger partial charge in [-0.25, -0.2) is 0 Å². The largest absolute Gasteiger partial charge is 0.463 e. The molecule has 0 aliphatic carbocycles. The van der Waals surface area contributed by atoms with Crippen LogP contribution in [0.3, 0.4) is 0 Å². The molecule has 0 aromatic carbocycles. The summed E-state index contributed by atoms with van der Waals surface area (Å²) in [6, 6.07) is 0. The van der Waals surface area contributed by atoms with Gasteiger partial charge in [0, 0.05) is 12.8 Å². The molecule has 0 aliphatic rings. The maximum Gasteiger partial charge on any atom is 0.305 e. The zero-order valence-electron chi connectivity index (χ0n) is 40.2. The van der Waals surface area contributed by atoms with Crippen LogP contribution in [0.15, 0.2) is 0 Å². The number of unbranched alkanes of at least 4 members (excludes halogenated alkanes) is 16. The monoisotopic (exact) mass is 911 g/mol. The van der Waals surface area contributed by atoms with Crippen LogP contribution in [0, 0.1) is 0 Å². The Balaban J connectivity index is 3.14. The van der Waals surface area contributed by atoms with Crippen molar-refractivity contribution in [1.29, 1.82) is 0 Å². The molecule has 0 aromatic rings. The summed E-state index contributed by atoms with van der Waals surface area (Å²) in [6.07, 6.45) is 23.7. The Morgan fingerprint density at radius 3 is 0.603 bits per heavy atom. The summed E-state index contributed by atoms with van der Waals surface area (Å²) in [7, 11) is 0. The molecular weight excluding hydrogens is 817 g/mol. The fraction of sp³-hybridized carbons (Fsp3) is 0.958. The van der Waals surface area contributed by atoms with E-state index in [2.05, 4.69) is 13.8 Å². The van der Waals surface area contributed by atoms with Crippen LogP contribution in [0.5, 0.6) is 0 Å². The standard InChI is InChI=1S/C48H94O15/c1-3-5-7-8-9-10-11-12-13-14-15-16-17-18-20-22-48(50)63-46-44-61-42-40-59-38-36-57-34-32-55-30-28-53-26-24-51-23-25-52-27-29-54-31-33-56-35-37-58-39-41-60-43-45-62-47(49)21-19-6-4-2/h3-46H2,1-2H3. The molecule has 15 nitrogen and oxygen atoms in total. The van der Waals surface area contributed by atoms with Gasteiger partial charge in [-0.15, -0.1) is 0 Å². The lowest BCUT2D eigenvalue weighted by Gasteiger charge is -2.09. The van der Waals surface area contributed by atoms with Gasteiger partial charge in [-0.3, -0.25) is 9.59 Å². The lowest BCUT2D eigenvalue weighted by Crippen LogP contribution is -2.16. The van der Waals surface area contributed by atoms with Crippen LogP contribution in [-0.2, 0) is 71.2 Å². The van der Waals surface area contributed by atoms with Crippen molar-refractivity contribution in [2.45, 2.75) is 142 Å². The Morgan fingerprint density at radius 2 is 0.381 bits per heavy atom. The van der Waals surface area contributed by atoms with Gasteiger partial charge in [0.25, 0.3) is 0 Å². The number of carbonyl (C=O) groups is 2. The Morgan fingerprint density at radius 1 is 0.222 bits per heavy atom. The fourth-order valence-electron chi connectivity index (χ4n) is 6.03. The highest BCUT2D eigenvalue weighted by atomic mass is 16.6. The molecule has 0 atom stereocenters. The minimum Gasteiger partial charge on any atom is -0.463 e. The predicted octanol–water partition coefficient (Wildman–Crippen LogP) is 8.10. The van der Waals surface area contributed by atoms with Crippen molar-refractivity contribution in [3.8, 4) is 0 Å². The molecule has 63 heavy (non-hydrogen) atoms. The average molecular weight is 911 g/mol. The Hall–Kier alpha value is -1.50. The molecule has 0 saturated carbocycles. The third kappa shape index (κ3) is 56.6. The molecule has 0 amide bonds. The number of hydrogen-bond donors (Lipinski definition) is 0. The van der Waals surface area contributed by atoms with Gasteiger partial charge in [-0.05, 0) is 12.8 Å². The first kappa shape index (κ1) is 61.5. The molecule has 0 spiro atoms. The van der Waals surface area contributed by atoms with Crippen LogP contribution in [0.4, 0.5) is 0 Å². The number of hydrogen-bond acceptors (Lipinski definition) is 15. The maximum atomic E-state index is 11.9. The summed E-state index contributed by atoms with van der Waals surface area (Å²) in [4.78, 5) is 23.4. The van der Waals surface area contributed by atoms with E-state index in [0.29, 0.717) is 158 Å². The van der Waals surface area contributed by atoms with Crippen LogP contribution in [0.25, 0.3) is 0 Å². The van der Waals surface area contributed by atoms with Gasteiger partial charge in [-0.2, -0.15) is 0 Å². The van der Waals surface area contributed by atoms with E-state index < -0.39 is 0 Å². The predicted molar refractivity (Wildman–Crippen MR) is 245 cm³/mol. The van der Waals surface area contributed by atoms with Crippen molar-refractivity contribution >= 4 is 11.9 Å². The highest BCUT2D eigenvalue weighted by molar-refractivity contribution is 5.69. The smallest absolute Gasteiger partial charge is 0.305 e. The molecule has 0 saturated heterocycles. The molecule has 0 bridgehead atoms. The van der Waals surface area contributed by atoms with Crippen LogP contribution >= 0.6 is 0 Å². The second-order valence-corrected chi connectivity index (χ2v) is 15.3. The summed E-state index contributed by atoms with van der Waals surface area (Å²) in [6.45, 7) is 15.3. The first-order valence-electron chi connectivity index (χ1n) is 24.9. The van der Waals surface area contributed by atoms with Gasteiger partial charge in [0.15, 0.2) is 0 Å². The zero-order valence-corrected chi connectivity index (χ0v) is 40.2. The zero-order chi connectivity index (χ0) is 45.5. The average Bonchev–Trinajstić information content (AvgIpc) is 3.28. The van der Waals surface area contributed by atoms with E-state index in [9.17, 15) is 9.59 Å². The molecule has 0 aromatic heterocycles. The Labute approximate surface area is 383 Å². The SMILES string of the molecule is CCCCCCCCCCCCCCCCCC(=O)OCCOCCOCCOCCOCCOCCOCCOCCOCCOCCOCCOCCOC(=O)CCCCC. The number of rotatable bonds is 56. The summed E-state index contributed by atoms with van der Waals surface area (Å²) in [5.74, 6) is -0.295. The quantitative estimate of drug-likeness (QED) is 0.0426. The minimum absolute atomic E-state index is 0.134. The van der Waals surface area contributed by atoms with Crippen molar-refractivity contribution < 1.29 is 71.2 Å². The maximum absolute atomic E-state index is 11.9. The molecule has 0 rings (SSSR count). The Bertz CT molecular complexity index is 885. The third-order valence-electron chi connectivity index (χ3n) is 9.67. The Kier molecular flexibility index (Phi) is 55.3. The highest BCUT2D eigenvalue weighted by Crippen LogP contribution is 2.14. The first-order chi connectivity index (χ1) is 31.2. The number of carbonyl (C=O) groups excluding carboxylic acids is 2.